The van der Waals surface area contributed by atoms with Crippen LogP contribution in [0.2, 0.25) is 0 Å². The van der Waals surface area contributed by atoms with Gasteiger partial charge in [-0.3, -0.25) is 14.5 Å². The molecule has 7 heteroatoms. The molecule has 3 rings (SSSR count). The van der Waals surface area contributed by atoms with E-state index in [1.807, 2.05) is 49.4 Å². The van der Waals surface area contributed by atoms with E-state index in [0.717, 1.165) is 11.3 Å². The minimum absolute atomic E-state index is 0.111. The first-order valence-corrected chi connectivity index (χ1v) is 9.62. The Hall–Kier alpha value is -2.64. The second-order valence-electron chi connectivity index (χ2n) is 5.68. The Kier molecular flexibility index (Phi) is 6.26. The third-order valence-electron chi connectivity index (χ3n) is 3.72. The molecule has 1 saturated heterocycles. The molecule has 5 nitrogen and oxygen atoms in total. The number of hydrogen-bond donors (Lipinski definition) is 1. The van der Waals surface area contributed by atoms with E-state index < -0.39 is 0 Å². The lowest BCUT2D eigenvalue weighted by atomic mass is 10.2. The zero-order valence-electron chi connectivity index (χ0n) is 14.7. The molecule has 2 aromatic rings. The Labute approximate surface area is 167 Å². The standard InChI is InChI=1S/C20H18N2O3S2/c1-2-25-16-10-8-14(9-11-16)12-17-19(24)22(20(26)27-17)13-18(23)21-15-6-4-3-5-7-15/h3-12H,2,13H2,1H3,(H,21,23). The highest BCUT2D eigenvalue weighted by molar-refractivity contribution is 8.26. The highest BCUT2D eigenvalue weighted by Crippen LogP contribution is 2.32. The monoisotopic (exact) mass is 398 g/mol. The van der Waals surface area contributed by atoms with Crippen LogP contribution >= 0.6 is 24.0 Å². The molecule has 1 heterocycles. The highest BCUT2D eigenvalue weighted by Gasteiger charge is 2.33. The number of nitrogens with zero attached hydrogens (tertiary/aromatic N) is 1. The van der Waals surface area contributed by atoms with Gasteiger partial charge in [-0.15, -0.1) is 0 Å². The van der Waals surface area contributed by atoms with Crippen molar-refractivity contribution in [1.82, 2.24) is 4.90 Å². The maximum absolute atomic E-state index is 12.6. The van der Waals surface area contributed by atoms with Gasteiger partial charge in [0.2, 0.25) is 5.91 Å². The van der Waals surface area contributed by atoms with Crippen molar-refractivity contribution >= 4 is 51.9 Å². The molecule has 27 heavy (non-hydrogen) atoms. The number of nitrogens with one attached hydrogen (secondary N) is 1. The fraction of sp³-hybridized carbons (Fsp3) is 0.150. The number of anilines is 1. The van der Waals surface area contributed by atoms with E-state index in [1.165, 1.54) is 16.7 Å². The largest absolute Gasteiger partial charge is 0.494 e. The van der Waals surface area contributed by atoms with Crippen LogP contribution in [0.25, 0.3) is 6.08 Å². The molecule has 1 aliphatic rings. The number of amides is 2. The van der Waals surface area contributed by atoms with Crippen LogP contribution in [0, 0.1) is 0 Å². The number of thioether (sulfide) groups is 1. The lowest BCUT2D eigenvalue weighted by molar-refractivity contribution is -0.126. The molecule has 0 aromatic heterocycles. The van der Waals surface area contributed by atoms with Crippen LogP contribution in [0.15, 0.2) is 59.5 Å². The first-order valence-electron chi connectivity index (χ1n) is 8.40. The summed E-state index contributed by atoms with van der Waals surface area (Å²) in [5.41, 5.74) is 1.55. The minimum Gasteiger partial charge on any atom is -0.494 e. The van der Waals surface area contributed by atoms with Crippen molar-refractivity contribution in [2.24, 2.45) is 0 Å². The molecule has 1 aliphatic heterocycles. The summed E-state index contributed by atoms with van der Waals surface area (Å²) in [6.45, 7) is 2.41. The molecule has 1 N–H and O–H groups in total. The van der Waals surface area contributed by atoms with Gasteiger partial charge in [0, 0.05) is 5.69 Å². The average Bonchev–Trinajstić information content (AvgIpc) is 2.92. The summed E-state index contributed by atoms with van der Waals surface area (Å²) in [6, 6.07) is 16.5. The van der Waals surface area contributed by atoms with Gasteiger partial charge in [0.1, 0.15) is 16.6 Å². The van der Waals surface area contributed by atoms with E-state index in [4.69, 9.17) is 17.0 Å². The van der Waals surface area contributed by atoms with Crippen molar-refractivity contribution in [3.8, 4) is 5.75 Å². The van der Waals surface area contributed by atoms with Crippen LogP contribution in [0.5, 0.6) is 5.75 Å². The number of carbonyl (C=O) groups is 2. The number of carbonyl (C=O) groups excluding carboxylic acids is 2. The Morgan fingerprint density at radius 1 is 1.19 bits per heavy atom. The number of ether oxygens (including phenoxy) is 1. The second-order valence-corrected chi connectivity index (χ2v) is 7.36. The molecular formula is C20H18N2O3S2. The van der Waals surface area contributed by atoms with Crippen LogP contribution < -0.4 is 10.1 Å². The zero-order chi connectivity index (χ0) is 19.2. The normalized spacial score (nSPS) is 15.3. The van der Waals surface area contributed by atoms with Gasteiger partial charge in [0.25, 0.3) is 5.91 Å². The number of thiocarbonyl (C=S) groups is 1. The average molecular weight is 399 g/mol. The number of hydrogen-bond acceptors (Lipinski definition) is 5. The van der Waals surface area contributed by atoms with E-state index in [2.05, 4.69) is 5.32 Å². The molecular weight excluding hydrogens is 380 g/mol. The van der Waals surface area contributed by atoms with Crippen LogP contribution in [0.4, 0.5) is 5.69 Å². The van der Waals surface area contributed by atoms with Gasteiger partial charge in [0.15, 0.2) is 0 Å². The SMILES string of the molecule is CCOc1ccc(C=C2SC(=S)N(CC(=O)Nc3ccccc3)C2=O)cc1. The van der Waals surface area contributed by atoms with Crippen molar-refractivity contribution in [2.75, 3.05) is 18.5 Å². The van der Waals surface area contributed by atoms with Gasteiger partial charge in [-0.2, -0.15) is 0 Å². The third kappa shape index (κ3) is 4.96. The number of para-hydroxylation sites is 1. The molecule has 0 spiro atoms. The van der Waals surface area contributed by atoms with Gasteiger partial charge in [0.05, 0.1) is 11.5 Å². The number of rotatable bonds is 6. The van der Waals surface area contributed by atoms with Gasteiger partial charge in [-0.05, 0) is 42.8 Å². The van der Waals surface area contributed by atoms with E-state index in [0.29, 0.717) is 21.5 Å². The topological polar surface area (TPSA) is 58.6 Å². The van der Waals surface area contributed by atoms with Crippen molar-refractivity contribution in [1.29, 1.82) is 0 Å². The van der Waals surface area contributed by atoms with Gasteiger partial charge < -0.3 is 10.1 Å². The highest BCUT2D eigenvalue weighted by atomic mass is 32.2. The molecule has 0 saturated carbocycles. The summed E-state index contributed by atoms with van der Waals surface area (Å²) in [4.78, 5) is 26.7. The molecule has 0 unspecified atom stereocenters. The van der Waals surface area contributed by atoms with Gasteiger partial charge in [-0.25, -0.2) is 0 Å². The fourth-order valence-corrected chi connectivity index (χ4v) is 3.74. The molecule has 0 radical (unpaired) electrons. The molecule has 2 aromatic carbocycles. The minimum atomic E-state index is -0.292. The smallest absolute Gasteiger partial charge is 0.266 e. The van der Waals surface area contributed by atoms with E-state index >= 15 is 0 Å². The molecule has 138 valence electrons. The Bertz CT molecular complexity index is 880. The first kappa shape index (κ1) is 19.1. The van der Waals surface area contributed by atoms with Crippen molar-refractivity contribution in [3.05, 3.63) is 65.1 Å². The second kappa shape index (κ2) is 8.83. The third-order valence-corrected chi connectivity index (χ3v) is 5.10. The summed E-state index contributed by atoms with van der Waals surface area (Å²) in [5, 5.41) is 2.76. The summed E-state index contributed by atoms with van der Waals surface area (Å²) >= 11 is 6.47. The van der Waals surface area contributed by atoms with E-state index in [-0.39, 0.29) is 18.4 Å². The van der Waals surface area contributed by atoms with Crippen molar-refractivity contribution < 1.29 is 14.3 Å². The predicted octanol–water partition coefficient (Wildman–Crippen LogP) is 3.93. The summed E-state index contributed by atoms with van der Waals surface area (Å²) in [7, 11) is 0. The zero-order valence-corrected chi connectivity index (χ0v) is 16.3. The quantitative estimate of drug-likeness (QED) is 0.590. The summed E-state index contributed by atoms with van der Waals surface area (Å²) in [5.74, 6) is 0.224. The summed E-state index contributed by atoms with van der Waals surface area (Å²) in [6.07, 6.45) is 1.77. The van der Waals surface area contributed by atoms with Crippen molar-refractivity contribution in [2.45, 2.75) is 6.92 Å². The van der Waals surface area contributed by atoms with Crippen LogP contribution in [0.3, 0.4) is 0 Å². The van der Waals surface area contributed by atoms with Crippen LogP contribution in [-0.2, 0) is 9.59 Å². The van der Waals surface area contributed by atoms with Crippen LogP contribution in [-0.4, -0.2) is 34.2 Å². The molecule has 0 bridgehead atoms. The lowest BCUT2D eigenvalue weighted by Gasteiger charge is -2.14. The van der Waals surface area contributed by atoms with E-state index in [1.54, 1.807) is 18.2 Å². The van der Waals surface area contributed by atoms with Crippen molar-refractivity contribution in [3.63, 3.8) is 0 Å². The Balaban J connectivity index is 1.66. The number of benzene rings is 2. The Morgan fingerprint density at radius 3 is 2.56 bits per heavy atom. The summed E-state index contributed by atoms with van der Waals surface area (Å²) < 4.78 is 5.79. The Morgan fingerprint density at radius 2 is 1.89 bits per heavy atom. The van der Waals surface area contributed by atoms with Crippen LogP contribution in [0.1, 0.15) is 12.5 Å². The molecule has 1 fully saturated rings. The molecule has 0 aliphatic carbocycles. The van der Waals surface area contributed by atoms with Gasteiger partial charge >= 0.3 is 0 Å². The van der Waals surface area contributed by atoms with E-state index in [9.17, 15) is 9.59 Å². The lowest BCUT2D eigenvalue weighted by Crippen LogP contribution is -2.36. The van der Waals surface area contributed by atoms with Gasteiger partial charge in [-0.1, -0.05) is 54.3 Å². The fourth-order valence-electron chi connectivity index (χ4n) is 2.48. The first-order chi connectivity index (χ1) is 13.1. The molecule has 2 amide bonds. The maximum Gasteiger partial charge on any atom is 0.266 e. The molecule has 0 atom stereocenters. The maximum atomic E-state index is 12.6. The predicted molar refractivity (Wildman–Crippen MR) is 113 cm³/mol.